The summed E-state index contributed by atoms with van der Waals surface area (Å²) in [5, 5.41) is 14.2. The third-order valence-electron chi connectivity index (χ3n) is 3.83. The maximum atomic E-state index is 13.8. The van der Waals surface area contributed by atoms with Crippen molar-refractivity contribution in [3.05, 3.63) is 33.6 Å². The molecule has 21 heavy (non-hydrogen) atoms. The highest BCUT2D eigenvalue weighted by Crippen LogP contribution is 2.36. The lowest BCUT2D eigenvalue weighted by molar-refractivity contribution is -0.384. The molecule has 6 nitrogen and oxygen atoms in total. The van der Waals surface area contributed by atoms with Crippen molar-refractivity contribution in [3.63, 3.8) is 0 Å². The van der Waals surface area contributed by atoms with E-state index in [1.165, 1.54) is 0 Å². The number of nitro benzene ring substituents is 1. The van der Waals surface area contributed by atoms with E-state index in [9.17, 15) is 19.3 Å². The molecule has 0 spiro atoms. The van der Waals surface area contributed by atoms with Crippen LogP contribution in [0.1, 0.15) is 43.0 Å². The molecule has 0 radical (unpaired) electrons. The minimum atomic E-state index is -0.962. The van der Waals surface area contributed by atoms with Gasteiger partial charge in [0, 0.05) is 5.54 Å². The van der Waals surface area contributed by atoms with E-state index in [2.05, 4.69) is 10.1 Å². The molecular formula is C14H17FN2O4. The van der Waals surface area contributed by atoms with E-state index < -0.39 is 16.7 Å². The molecule has 1 aliphatic rings. The van der Waals surface area contributed by atoms with Gasteiger partial charge in [0.25, 0.3) is 5.69 Å². The molecule has 0 atom stereocenters. The molecule has 1 N–H and O–H groups in total. The van der Waals surface area contributed by atoms with E-state index in [0.29, 0.717) is 0 Å². The predicted molar refractivity (Wildman–Crippen MR) is 74.9 cm³/mol. The van der Waals surface area contributed by atoms with Crippen LogP contribution in [0.3, 0.4) is 0 Å². The van der Waals surface area contributed by atoms with Crippen molar-refractivity contribution in [2.75, 3.05) is 12.4 Å². The van der Waals surface area contributed by atoms with E-state index in [1.807, 2.05) is 6.92 Å². The van der Waals surface area contributed by atoms with Crippen molar-refractivity contribution in [2.45, 2.75) is 38.1 Å². The smallest absolute Gasteiger partial charge is 0.340 e. The van der Waals surface area contributed by atoms with Crippen LogP contribution >= 0.6 is 0 Å². The van der Waals surface area contributed by atoms with Crippen LogP contribution in [0.15, 0.2) is 12.1 Å². The average molecular weight is 296 g/mol. The standard InChI is InChI=1S/C14H17FN2O4/c1-14(5-3-4-6-14)16-11-7-9(13(18)21-2)10(15)8-12(11)17(19)20/h7-8,16H,3-6H2,1-2H3. The zero-order chi connectivity index (χ0) is 15.6. The lowest BCUT2D eigenvalue weighted by Crippen LogP contribution is -2.31. The molecule has 2 rings (SSSR count). The Kier molecular flexibility index (Phi) is 4.11. The van der Waals surface area contributed by atoms with Gasteiger partial charge in [-0.15, -0.1) is 0 Å². The third kappa shape index (κ3) is 3.12. The molecule has 1 aromatic rings. The molecule has 114 valence electrons. The number of nitro groups is 1. The van der Waals surface area contributed by atoms with Gasteiger partial charge < -0.3 is 10.1 Å². The number of nitrogens with one attached hydrogen (secondary N) is 1. The van der Waals surface area contributed by atoms with Crippen molar-refractivity contribution < 1.29 is 18.8 Å². The van der Waals surface area contributed by atoms with Crippen LogP contribution in [0.5, 0.6) is 0 Å². The molecule has 1 aromatic carbocycles. The molecule has 0 amide bonds. The Balaban J connectivity index is 2.45. The van der Waals surface area contributed by atoms with Crippen LogP contribution in [-0.2, 0) is 4.74 Å². The highest BCUT2D eigenvalue weighted by atomic mass is 19.1. The summed E-state index contributed by atoms with van der Waals surface area (Å²) < 4.78 is 18.3. The number of nitrogens with zero attached hydrogens (tertiary/aromatic N) is 1. The maximum Gasteiger partial charge on any atom is 0.340 e. The fourth-order valence-electron chi connectivity index (χ4n) is 2.69. The fourth-order valence-corrected chi connectivity index (χ4v) is 2.69. The van der Waals surface area contributed by atoms with Gasteiger partial charge >= 0.3 is 5.97 Å². The normalized spacial score (nSPS) is 16.5. The quantitative estimate of drug-likeness (QED) is 0.524. The zero-order valence-corrected chi connectivity index (χ0v) is 11.9. The lowest BCUT2D eigenvalue weighted by atomic mass is 9.99. The van der Waals surface area contributed by atoms with Crippen molar-refractivity contribution >= 4 is 17.3 Å². The SMILES string of the molecule is COC(=O)c1cc(NC2(C)CCCC2)c([N+](=O)[O-])cc1F. The van der Waals surface area contributed by atoms with E-state index in [1.54, 1.807) is 0 Å². The van der Waals surface area contributed by atoms with Gasteiger partial charge in [-0.2, -0.15) is 0 Å². The van der Waals surface area contributed by atoms with Gasteiger partial charge in [-0.3, -0.25) is 10.1 Å². The monoisotopic (exact) mass is 296 g/mol. The van der Waals surface area contributed by atoms with Gasteiger partial charge in [0.05, 0.1) is 23.7 Å². The summed E-state index contributed by atoms with van der Waals surface area (Å²) in [5.41, 5.74) is -0.831. The summed E-state index contributed by atoms with van der Waals surface area (Å²) >= 11 is 0. The zero-order valence-electron chi connectivity index (χ0n) is 11.9. The van der Waals surface area contributed by atoms with E-state index >= 15 is 0 Å². The summed E-state index contributed by atoms with van der Waals surface area (Å²) in [5.74, 6) is -1.82. The number of carbonyl (C=O) groups excluding carboxylic acids is 1. The Morgan fingerprint density at radius 3 is 2.57 bits per heavy atom. The Labute approximate surface area is 121 Å². The Morgan fingerprint density at radius 2 is 2.05 bits per heavy atom. The summed E-state index contributed by atoms with van der Waals surface area (Å²) in [4.78, 5) is 21.9. The first kappa shape index (κ1) is 15.2. The van der Waals surface area contributed by atoms with Crippen molar-refractivity contribution in [1.82, 2.24) is 0 Å². The summed E-state index contributed by atoms with van der Waals surface area (Å²) in [6.45, 7) is 1.96. The van der Waals surface area contributed by atoms with Crippen LogP contribution in [-0.4, -0.2) is 23.5 Å². The molecule has 1 saturated carbocycles. The molecule has 0 aliphatic heterocycles. The molecule has 0 heterocycles. The molecule has 7 heteroatoms. The number of halogens is 1. The number of methoxy groups -OCH3 is 1. The second-order valence-corrected chi connectivity index (χ2v) is 5.49. The maximum absolute atomic E-state index is 13.8. The first-order valence-electron chi connectivity index (χ1n) is 6.71. The summed E-state index contributed by atoms with van der Waals surface area (Å²) in [6, 6.07) is 1.91. The van der Waals surface area contributed by atoms with Crippen molar-refractivity contribution in [3.8, 4) is 0 Å². The van der Waals surface area contributed by atoms with Crippen LogP contribution in [0.4, 0.5) is 15.8 Å². The summed E-state index contributed by atoms with van der Waals surface area (Å²) in [6.07, 6.45) is 3.80. The number of hydrogen-bond acceptors (Lipinski definition) is 5. The van der Waals surface area contributed by atoms with E-state index in [4.69, 9.17) is 0 Å². The second-order valence-electron chi connectivity index (χ2n) is 5.49. The Morgan fingerprint density at radius 1 is 1.43 bits per heavy atom. The minimum Gasteiger partial charge on any atom is -0.465 e. The van der Waals surface area contributed by atoms with Crippen LogP contribution < -0.4 is 5.32 Å². The van der Waals surface area contributed by atoms with Gasteiger partial charge in [0.2, 0.25) is 0 Å². The highest BCUT2D eigenvalue weighted by Gasteiger charge is 2.32. The predicted octanol–water partition coefficient (Wildman–Crippen LogP) is 3.27. The average Bonchev–Trinajstić information content (AvgIpc) is 2.85. The Bertz CT molecular complexity index is 583. The number of carbonyl (C=O) groups is 1. The molecular weight excluding hydrogens is 279 g/mol. The number of benzene rings is 1. The first-order chi connectivity index (χ1) is 9.86. The highest BCUT2D eigenvalue weighted by molar-refractivity contribution is 5.92. The molecule has 1 fully saturated rings. The molecule has 0 bridgehead atoms. The lowest BCUT2D eigenvalue weighted by Gasteiger charge is -2.26. The van der Waals surface area contributed by atoms with Crippen LogP contribution in [0.25, 0.3) is 0 Å². The van der Waals surface area contributed by atoms with Gasteiger partial charge in [-0.1, -0.05) is 12.8 Å². The van der Waals surface area contributed by atoms with Gasteiger partial charge in [0.1, 0.15) is 11.5 Å². The van der Waals surface area contributed by atoms with Crippen LogP contribution in [0, 0.1) is 15.9 Å². The fraction of sp³-hybridized carbons (Fsp3) is 0.500. The Hall–Kier alpha value is -2.18. The third-order valence-corrected chi connectivity index (χ3v) is 3.83. The topological polar surface area (TPSA) is 81.5 Å². The van der Waals surface area contributed by atoms with Gasteiger partial charge in [-0.25, -0.2) is 9.18 Å². The van der Waals surface area contributed by atoms with Crippen LogP contribution in [0.2, 0.25) is 0 Å². The van der Waals surface area contributed by atoms with Crippen molar-refractivity contribution in [1.29, 1.82) is 0 Å². The van der Waals surface area contributed by atoms with E-state index in [0.717, 1.165) is 44.9 Å². The van der Waals surface area contributed by atoms with Crippen molar-refractivity contribution in [2.24, 2.45) is 0 Å². The molecule has 0 unspecified atom stereocenters. The number of rotatable bonds is 4. The number of anilines is 1. The largest absolute Gasteiger partial charge is 0.465 e. The summed E-state index contributed by atoms with van der Waals surface area (Å²) in [7, 11) is 1.13. The van der Waals surface area contributed by atoms with Gasteiger partial charge in [0.15, 0.2) is 0 Å². The van der Waals surface area contributed by atoms with Gasteiger partial charge in [-0.05, 0) is 25.8 Å². The number of esters is 1. The molecule has 1 aliphatic carbocycles. The first-order valence-corrected chi connectivity index (χ1v) is 6.71. The molecule has 0 aromatic heterocycles. The second kappa shape index (κ2) is 5.67. The number of hydrogen-bond donors (Lipinski definition) is 1. The number of ether oxygens (including phenoxy) is 1. The minimum absolute atomic E-state index is 0.145. The molecule has 0 saturated heterocycles. The van der Waals surface area contributed by atoms with E-state index in [-0.39, 0.29) is 22.5 Å².